The molecule has 0 aromatic rings. The Morgan fingerprint density at radius 1 is 1.00 bits per heavy atom. The van der Waals surface area contributed by atoms with Crippen molar-refractivity contribution in [3.63, 3.8) is 0 Å². The van der Waals surface area contributed by atoms with Gasteiger partial charge in [-0.1, -0.05) is 0 Å². The van der Waals surface area contributed by atoms with Gasteiger partial charge in [-0.3, -0.25) is 4.90 Å². The monoisotopic (exact) mass is 224 g/mol. The Kier molecular flexibility index (Phi) is 3.46. The fraction of sp³-hybridized carbons (Fsp3) is 1.00. The first-order chi connectivity index (χ1) is 7.95. The molecule has 0 aromatic carbocycles. The molecule has 0 aromatic heterocycles. The minimum atomic E-state index is 0.783. The highest BCUT2D eigenvalue weighted by Gasteiger charge is 2.37. The van der Waals surface area contributed by atoms with Crippen LogP contribution in [0.3, 0.4) is 0 Å². The number of hydrogen-bond acceptors (Lipinski definition) is 3. The van der Waals surface area contributed by atoms with Gasteiger partial charge in [-0.15, -0.1) is 0 Å². The number of likely N-dealkylation sites (tertiary alicyclic amines) is 1. The molecule has 3 rings (SSSR count). The summed E-state index contributed by atoms with van der Waals surface area (Å²) in [5, 5.41) is 3.69. The van der Waals surface area contributed by atoms with E-state index in [1.54, 1.807) is 0 Å². The van der Waals surface area contributed by atoms with E-state index < -0.39 is 0 Å². The lowest BCUT2D eigenvalue weighted by molar-refractivity contribution is 0.0245. The molecular weight excluding hydrogens is 200 g/mol. The second-order valence-corrected chi connectivity index (χ2v) is 5.49. The normalized spacial score (nSPS) is 38.2. The Bertz CT molecular complexity index is 222. The number of nitrogens with zero attached hydrogens (tertiary/aromatic N) is 1. The molecule has 3 fully saturated rings. The topological polar surface area (TPSA) is 24.5 Å². The third-order valence-corrected chi connectivity index (χ3v) is 4.56. The maximum Gasteiger partial charge on any atom is 0.0480 e. The highest BCUT2D eigenvalue weighted by Crippen LogP contribution is 2.29. The Morgan fingerprint density at radius 2 is 1.88 bits per heavy atom. The molecule has 0 spiro atoms. The van der Waals surface area contributed by atoms with Crippen LogP contribution in [0, 0.1) is 0 Å². The van der Waals surface area contributed by atoms with Gasteiger partial charge in [0.05, 0.1) is 0 Å². The summed E-state index contributed by atoms with van der Waals surface area (Å²) in [5.41, 5.74) is 0. The predicted molar refractivity (Wildman–Crippen MR) is 64.6 cm³/mol. The molecule has 0 bridgehead atoms. The third kappa shape index (κ3) is 2.13. The molecule has 3 heteroatoms. The molecule has 2 unspecified atom stereocenters. The van der Waals surface area contributed by atoms with Crippen LogP contribution in [-0.2, 0) is 4.74 Å². The predicted octanol–water partition coefficient (Wildman–Crippen LogP) is 1.38. The number of nitrogens with one attached hydrogen (secondary N) is 1. The summed E-state index contributed by atoms with van der Waals surface area (Å²) in [7, 11) is 0. The standard InChI is InChI=1S/C13H24N2O/c1-3-12(14-7-1)13-4-2-8-15(13)11-5-9-16-10-6-11/h11-14H,1-10H2. The van der Waals surface area contributed by atoms with Gasteiger partial charge in [-0.2, -0.15) is 0 Å². The molecule has 2 atom stereocenters. The molecule has 0 aliphatic carbocycles. The molecule has 92 valence electrons. The summed E-state index contributed by atoms with van der Waals surface area (Å²) in [5.74, 6) is 0. The summed E-state index contributed by atoms with van der Waals surface area (Å²) in [4.78, 5) is 2.80. The number of ether oxygens (including phenoxy) is 1. The van der Waals surface area contributed by atoms with E-state index in [1.165, 1.54) is 51.6 Å². The lowest BCUT2D eigenvalue weighted by Gasteiger charge is -2.38. The van der Waals surface area contributed by atoms with Crippen LogP contribution in [0.2, 0.25) is 0 Å². The van der Waals surface area contributed by atoms with Crippen LogP contribution in [-0.4, -0.2) is 49.3 Å². The van der Waals surface area contributed by atoms with Gasteiger partial charge in [0, 0.05) is 31.3 Å². The van der Waals surface area contributed by atoms with Crippen molar-refractivity contribution in [3.8, 4) is 0 Å². The van der Waals surface area contributed by atoms with Crippen LogP contribution in [0.15, 0.2) is 0 Å². The van der Waals surface area contributed by atoms with Crippen LogP contribution in [0.25, 0.3) is 0 Å². The molecule has 16 heavy (non-hydrogen) atoms. The van der Waals surface area contributed by atoms with Crippen molar-refractivity contribution in [1.29, 1.82) is 0 Å². The van der Waals surface area contributed by atoms with E-state index in [-0.39, 0.29) is 0 Å². The largest absolute Gasteiger partial charge is 0.381 e. The van der Waals surface area contributed by atoms with Gasteiger partial charge in [0.1, 0.15) is 0 Å². The lowest BCUT2D eigenvalue weighted by Crippen LogP contribution is -2.49. The SMILES string of the molecule is C1CNC(C2CCCN2C2CCOCC2)C1. The van der Waals surface area contributed by atoms with Crippen molar-refractivity contribution in [2.45, 2.75) is 56.7 Å². The highest BCUT2D eigenvalue weighted by molar-refractivity contribution is 4.95. The van der Waals surface area contributed by atoms with Crippen molar-refractivity contribution in [1.82, 2.24) is 10.2 Å². The van der Waals surface area contributed by atoms with E-state index in [1.807, 2.05) is 0 Å². The molecule has 3 nitrogen and oxygen atoms in total. The van der Waals surface area contributed by atoms with Gasteiger partial charge in [0.25, 0.3) is 0 Å². The lowest BCUT2D eigenvalue weighted by atomic mass is 10.0. The molecule has 1 N–H and O–H groups in total. The third-order valence-electron chi connectivity index (χ3n) is 4.56. The molecule has 0 saturated carbocycles. The summed E-state index contributed by atoms with van der Waals surface area (Å²) in [6.07, 6.45) is 8.09. The van der Waals surface area contributed by atoms with Crippen LogP contribution in [0.4, 0.5) is 0 Å². The summed E-state index contributed by atoms with van der Waals surface area (Å²) in [6, 6.07) is 2.42. The van der Waals surface area contributed by atoms with Gasteiger partial charge in [-0.05, 0) is 51.6 Å². The number of hydrogen-bond donors (Lipinski definition) is 1. The molecule has 3 aliphatic heterocycles. The molecule has 3 aliphatic rings. The van der Waals surface area contributed by atoms with Crippen LogP contribution in [0.5, 0.6) is 0 Å². The molecule has 0 amide bonds. The van der Waals surface area contributed by atoms with E-state index in [9.17, 15) is 0 Å². The number of rotatable bonds is 2. The van der Waals surface area contributed by atoms with E-state index in [0.29, 0.717) is 0 Å². The van der Waals surface area contributed by atoms with Crippen LogP contribution >= 0.6 is 0 Å². The highest BCUT2D eigenvalue weighted by atomic mass is 16.5. The second kappa shape index (κ2) is 5.03. The minimum Gasteiger partial charge on any atom is -0.381 e. The van der Waals surface area contributed by atoms with Crippen molar-refractivity contribution in [2.75, 3.05) is 26.3 Å². The first-order valence-corrected chi connectivity index (χ1v) is 7.02. The van der Waals surface area contributed by atoms with Crippen molar-refractivity contribution in [3.05, 3.63) is 0 Å². The van der Waals surface area contributed by atoms with Gasteiger partial charge >= 0.3 is 0 Å². The van der Waals surface area contributed by atoms with Gasteiger partial charge in [0.2, 0.25) is 0 Å². The maximum atomic E-state index is 5.48. The van der Waals surface area contributed by atoms with Crippen LogP contribution in [0.1, 0.15) is 38.5 Å². The molecular formula is C13H24N2O. The average Bonchev–Trinajstić information content (AvgIpc) is 3.01. The van der Waals surface area contributed by atoms with Crippen molar-refractivity contribution >= 4 is 0 Å². The van der Waals surface area contributed by atoms with Crippen LogP contribution < -0.4 is 5.32 Å². The first kappa shape index (κ1) is 11.0. The summed E-state index contributed by atoms with van der Waals surface area (Å²) >= 11 is 0. The first-order valence-electron chi connectivity index (χ1n) is 7.02. The zero-order valence-corrected chi connectivity index (χ0v) is 10.2. The minimum absolute atomic E-state index is 0.783. The molecule has 0 radical (unpaired) electrons. The quantitative estimate of drug-likeness (QED) is 0.767. The Labute approximate surface area is 98.5 Å². The maximum absolute atomic E-state index is 5.48. The molecule has 3 saturated heterocycles. The zero-order valence-electron chi connectivity index (χ0n) is 10.2. The Morgan fingerprint density at radius 3 is 2.62 bits per heavy atom. The van der Waals surface area contributed by atoms with Gasteiger partial charge in [-0.25, -0.2) is 0 Å². The van der Waals surface area contributed by atoms with Gasteiger partial charge in [0.15, 0.2) is 0 Å². The fourth-order valence-electron chi connectivity index (χ4n) is 3.76. The zero-order chi connectivity index (χ0) is 10.8. The Hall–Kier alpha value is -0.120. The smallest absolute Gasteiger partial charge is 0.0480 e. The summed E-state index contributed by atoms with van der Waals surface area (Å²) < 4.78 is 5.48. The molecule has 3 heterocycles. The average molecular weight is 224 g/mol. The van der Waals surface area contributed by atoms with E-state index in [0.717, 1.165) is 31.3 Å². The Balaban J connectivity index is 1.63. The van der Waals surface area contributed by atoms with E-state index in [2.05, 4.69) is 10.2 Å². The summed E-state index contributed by atoms with van der Waals surface area (Å²) in [6.45, 7) is 4.52. The van der Waals surface area contributed by atoms with Gasteiger partial charge < -0.3 is 10.1 Å². The second-order valence-electron chi connectivity index (χ2n) is 5.49. The van der Waals surface area contributed by atoms with E-state index >= 15 is 0 Å². The van der Waals surface area contributed by atoms with Crippen molar-refractivity contribution < 1.29 is 4.74 Å². The van der Waals surface area contributed by atoms with E-state index in [4.69, 9.17) is 4.74 Å². The van der Waals surface area contributed by atoms with Crippen molar-refractivity contribution in [2.24, 2.45) is 0 Å². The fourth-order valence-corrected chi connectivity index (χ4v) is 3.76.